The van der Waals surface area contributed by atoms with Crippen molar-refractivity contribution >= 4 is 17.6 Å². The van der Waals surface area contributed by atoms with Crippen LogP contribution in [0.25, 0.3) is 22.5 Å². The average molecular weight is 540 g/mol. The zero-order chi connectivity index (χ0) is 27.5. The molecule has 0 fully saturated rings. The number of aromatic nitrogens is 3. The van der Waals surface area contributed by atoms with Crippen LogP contribution >= 0.6 is 0 Å². The van der Waals surface area contributed by atoms with Crippen molar-refractivity contribution in [2.45, 2.75) is 25.9 Å². The second kappa shape index (κ2) is 14.5. The number of anilines is 1. The summed E-state index contributed by atoms with van der Waals surface area (Å²) < 4.78 is 34.8. The Labute approximate surface area is 226 Å². The van der Waals surface area contributed by atoms with Gasteiger partial charge in [0.2, 0.25) is 5.91 Å². The monoisotopic (exact) mass is 539 g/mol. The van der Waals surface area contributed by atoms with Gasteiger partial charge in [-0.15, -0.1) is 5.10 Å². The number of nitrogens with zero attached hydrogens (tertiary/aromatic N) is 4. The topological polar surface area (TPSA) is 105 Å². The van der Waals surface area contributed by atoms with Gasteiger partial charge in [0.15, 0.2) is 0 Å². The quantitative estimate of drug-likeness (QED) is 0.227. The van der Waals surface area contributed by atoms with Gasteiger partial charge in [-0.2, -0.15) is 0 Å². The molecule has 0 atom stereocenters. The van der Waals surface area contributed by atoms with Crippen LogP contribution in [0.15, 0.2) is 48.5 Å². The lowest BCUT2D eigenvalue weighted by Crippen LogP contribution is -2.32. The van der Waals surface area contributed by atoms with Gasteiger partial charge in [-0.25, -0.2) is 9.07 Å². The summed E-state index contributed by atoms with van der Waals surface area (Å²) in [6.07, 6.45) is 0.0451. The van der Waals surface area contributed by atoms with Crippen LogP contribution in [0.3, 0.4) is 0 Å². The molecule has 39 heavy (non-hydrogen) atoms. The van der Waals surface area contributed by atoms with Gasteiger partial charge in [0.25, 0.3) is 0 Å². The molecule has 1 aromatic heterocycles. The number of fused-ring (bicyclic) bond motifs is 5. The molecule has 0 radical (unpaired) electrons. The molecule has 0 unspecified atom stereocenters. The predicted molar refractivity (Wildman–Crippen MR) is 142 cm³/mol. The Hall–Kier alpha value is -3.67. The summed E-state index contributed by atoms with van der Waals surface area (Å²) in [6, 6.07) is 15.4. The molecule has 0 N–H and O–H groups in total. The maximum absolute atomic E-state index is 13.3. The highest BCUT2D eigenvalue weighted by Crippen LogP contribution is 2.41. The third-order valence-corrected chi connectivity index (χ3v) is 6.27. The third kappa shape index (κ3) is 7.25. The lowest BCUT2D eigenvalue weighted by molar-refractivity contribution is -0.141. The molecule has 4 rings (SSSR count). The van der Waals surface area contributed by atoms with Crippen molar-refractivity contribution in [3.63, 3.8) is 0 Å². The van der Waals surface area contributed by atoms with Crippen molar-refractivity contribution in [3.05, 3.63) is 54.1 Å². The molecule has 3 aromatic rings. The minimum Gasteiger partial charge on any atom is -0.469 e. The van der Waals surface area contributed by atoms with Gasteiger partial charge in [-0.05, 0) is 11.6 Å². The number of hydrogen-bond donors (Lipinski definition) is 0. The Morgan fingerprint density at radius 1 is 0.872 bits per heavy atom. The summed E-state index contributed by atoms with van der Waals surface area (Å²) in [5.41, 5.74) is 4.87. The number of amides is 1. The van der Waals surface area contributed by atoms with Crippen LogP contribution in [-0.4, -0.2) is 80.3 Å². The van der Waals surface area contributed by atoms with Gasteiger partial charge in [-0.3, -0.25) is 9.59 Å². The lowest BCUT2D eigenvalue weighted by Gasteiger charge is -2.28. The molecule has 208 valence electrons. The highest BCUT2D eigenvalue weighted by Gasteiger charge is 2.29. The SMILES string of the molecule is COC(=O)CCC(=O)N1Cc2ccccc2-c2c(nnn2CCOCCOCCOCC[18F])-c2ccccc21. The molecule has 0 bridgehead atoms. The number of alkyl halides is 1. The Morgan fingerprint density at radius 2 is 1.54 bits per heavy atom. The smallest absolute Gasteiger partial charge is 0.306 e. The van der Waals surface area contributed by atoms with E-state index in [1.807, 2.05) is 53.2 Å². The molecule has 0 saturated heterocycles. The van der Waals surface area contributed by atoms with Crippen molar-refractivity contribution in [1.29, 1.82) is 0 Å². The fourth-order valence-corrected chi connectivity index (χ4v) is 4.39. The van der Waals surface area contributed by atoms with Crippen LogP contribution in [0.5, 0.6) is 0 Å². The van der Waals surface area contributed by atoms with Gasteiger partial charge in [0.1, 0.15) is 12.4 Å². The normalized spacial score (nSPS) is 12.2. The number of esters is 1. The van der Waals surface area contributed by atoms with E-state index >= 15 is 0 Å². The van der Waals surface area contributed by atoms with Crippen molar-refractivity contribution in [2.24, 2.45) is 0 Å². The fraction of sp³-hybridized carbons (Fsp3) is 0.429. The maximum Gasteiger partial charge on any atom is 0.306 e. The molecule has 2 aromatic carbocycles. The Morgan fingerprint density at radius 3 is 2.28 bits per heavy atom. The van der Waals surface area contributed by atoms with Crippen molar-refractivity contribution in [3.8, 4) is 22.5 Å². The second-order valence-electron chi connectivity index (χ2n) is 8.77. The second-order valence-corrected chi connectivity index (χ2v) is 8.77. The highest BCUT2D eigenvalue weighted by molar-refractivity contribution is 6.00. The van der Waals surface area contributed by atoms with Gasteiger partial charge in [0.05, 0.1) is 77.6 Å². The summed E-state index contributed by atoms with van der Waals surface area (Å²) in [5, 5.41) is 8.96. The number of hydrogen-bond acceptors (Lipinski definition) is 8. The molecule has 0 saturated carbocycles. The van der Waals surface area contributed by atoms with Crippen LogP contribution in [0, 0.1) is 0 Å². The first kappa shape index (κ1) is 28.3. The molecular formula is C28H33FN4O6. The van der Waals surface area contributed by atoms with Crippen LogP contribution in [0.2, 0.25) is 0 Å². The summed E-state index contributed by atoms with van der Waals surface area (Å²) >= 11 is 0. The first-order valence-corrected chi connectivity index (χ1v) is 12.9. The van der Waals surface area contributed by atoms with Gasteiger partial charge < -0.3 is 23.8 Å². The van der Waals surface area contributed by atoms with Gasteiger partial charge in [0, 0.05) is 17.5 Å². The van der Waals surface area contributed by atoms with E-state index in [9.17, 15) is 14.0 Å². The largest absolute Gasteiger partial charge is 0.469 e. The van der Waals surface area contributed by atoms with E-state index in [-0.39, 0.29) is 25.4 Å². The number of methoxy groups -OCH3 is 1. The number of carbonyl (C=O) groups excluding carboxylic acids is 2. The summed E-state index contributed by atoms with van der Waals surface area (Å²) in [7, 11) is 1.31. The third-order valence-electron chi connectivity index (χ3n) is 6.27. The number of ether oxygens (including phenoxy) is 4. The molecular weight excluding hydrogens is 506 g/mol. The molecule has 1 aliphatic rings. The summed E-state index contributed by atoms with van der Waals surface area (Å²) in [6.45, 7) is 2.34. The van der Waals surface area contributed by atoms with Gasteiger partial charge in [-0.1, -0.05) is 47.7 Å². The lowest BCUT2D eigenvalue weighted by atomic mass is 9.95. The standard InChI is InChI=1S/C28H33FN4O6/c1-36-26(35)11-10-25(34)32-20-21-6-2-3-7-22(21)28-27(23-8-4-5-9-24(23)32)30-31-33(28)13-15-38-17-19-39-18-16-37-14-12-29/h2-9H,10-20H2,1H3/i29-1. The van der Waals surface area contributed by atoms with E-state index < -0.39 is 12.6 Å². The van der Waals surface area contributed by atoms with E-state index in [0.29, 0.717) is 57.5 Å². The zero-order valence-corrected chi connectivity index (χ0v) is 22.0. The molecule has 0 aliphatic carbocycles. The molecule has 11 heteroatoms. The number of benzene rings is 2. The number of para-hydroxylation sites is 1. The number of rotatable bonds is 14. The average Bonchev–Trinajstić information content (AvgIpc) is 3.37. The number of carbonyl (C=O) groups is 2. The van der Waals surface area contributed by atoms with E-state index in [1.54, 1.807) is 4.90 Å². The predicted octanol–water partition coefficient (Wildman–Crippen LogP) is 3.43. The van der Waals surface area contributed by atoms with Crippen LogP contribution in [0.1, 0.15) is 18.4 Å². The molecule has 0 spiro atoms. The zero-order valence-electron chi connectivity index (χ0n) is 22.0. The van der Waals surface area contributed by atoms with E-state index in [4.69, 9.17) is 18.9 Å². The minimum atomic E-state index is -0.501. The Bertz CT molecular complexity index is 1250. The van der Waals surface area contributed by atoms with Crippen LogP contribution in [-0.2, 0) is 41.6 Å². The molecule has 2 heterocycles. The summed E-state index contributed by atoms with van der Waals surface area (Å²) in [4.78, 5) is 26.7. The fourth-order valence-electron chi connectivity index (χ4n) is 4.39. The van der Waals surface area contributed by atoms with Crippen molar-refractivity contribution in [2.75, 3.05) is 58.3 Å². The summed E-state index contributed by atoms with van der Waals surface area (Å²) in [5.74, 6) is -0.603. The van der Waals surface area contributed by atoms with E-state index in [2.05, 4.69) is 10.3 Å². The first-order valence-electron chi connectivity index (χ1n) is 12.9. The van der Waals surface area contributed by atoms with Crippen LogP contribution < -0.4 is 4.90 Å². The van der Waals surface area contributed by atoms with Gasteiger partial charge >= 0.3 is 5.97 Å². The van der Waals surface area contributed by atoms with Crippen LogP contribution in [0.4, 0.5) is 10.1 Å². The minimum absolute atomic E-state index is 0.00897. The Balaban J connectivity index is 1.51. The molecule has 1 amide bonds. The van der Waals surface area contributed by atoms with E-state index in [1.165, 1.54) is 7.11 Å². The van der Waals surface area contributed by atoms with Crippen molar-refractivity contribution in [1.82, 2.24) is 15.0 Å². The van der Waals surface area contributed by atoms with Crippen molar-refractivity contribution < 1.29 is 32.9 Å². The molecule has 10 nitrogen and oxygen atoms in total. The maximum atomic E-state index is 13.3. The Kier molecular flexibility index (Phi) is 10.5. The highest BCUT2D eigenvalue weighted by atomic mass is 18.2. The van der Waals surface area contributed by atoms with E-state index in [0.717, 1.165) is 22.4 Å². The number of halogens is 1. The molecule has 1 aliphatic heterocycles. The first-order chi connectivity index (χ1) is 19.1.